The first-order valence-electron chi connectivity index (χ1n) is 7.04. The van der Waals surface area contributed by atoms with Crippen LogP contribution in [0.2, 0.25) is 0 Å². The van der Waals surface area contributed by atoms with Crippen LogP contribution in [0.15, 0.2) is 48.5 Å². The van der Waals surface area contributed by atoms with Crippen molar-refractivity contribution < 1.29 is 19.4 Å². The van der Waals surface area contributed by atoms with E-state index in [2.05, 4.69) is 0 Å². The second-order valence-electron chi connectivity index (χ2n) is 4.98. The Morgan fingerprint density at radius 2 is 1.73 bits per heavy atom. The third-order valence-corrected chi connectivity index (χ3v) is 3.52. The van der Waals surface area contributed by atoms with Gasteiger partial charge in [-0.25, -0.2) is 0 Å². The predicted molar refractivity (Wildman–Crippen MR) is 80.0 cm³/mol. The number of benzene rings is 2. The van der Waals surface area contributed by atoms with Gasteiger partial charge >= 0.3 is 0 Å². The van der Waals surface area contributed by atoms with Gasteiger partial charge < -0.3 is 9.84 Å². The molecule has 0 bridgehead atoms. The van der Waals surface area contributed by atoms with E-state index in [1.165, 1.54) is 6.07 Å². The van der Waals surface area contributed by atoms with E-state index >= 15 is 0 Å². The largest absolute Gasteiger partial charge is 0.507 e. The van der Waals surface area contributed by atoms with Gasteiger partial charge in [0, 0.05) is 6.54 Å². The van der Waals surface area contributed by atoms with Crippen LogP contribution in [0.1, 0.15) is 27.1 Å². The Labute approximate surface area is 127 Å². The van der Waals surface area contributed by atoms with E-state index in [1.807, 2.05) is 30.3 Å². The number of hydrogen-bond acceptors (Lipinski definition) is 4. The van der Waals surface area contributed by atoms with Crippen molar-refractivity contribution in [3.8, 4) is 11.5 Å². The summed E-state index contributed by atoms with van der Waals surface area (Å²) < 4.78 is 5.54. The fourth-order valence-corrected chi connectivity index (χ4v) is 2.45. The zero-order valence-electron chi connectivity index (χ0n) is 11.9. The van der Waals surface area contributed by atoms with Crippen molar-refractivity contribution in [2.45, 2.75) is 6.42 Å². The first-order valence-corrected chi connectivity index (χ1v) is 7.04. The summed E-state index contributed by atoms with van der Waals surface area (Å²) in [5.74, 6) is -0.213. The Bertz CT molecular complexity index is 712. The lowest BCUT2D eigenvalue weighted by atomic mass is 10.1. The first-order chi connectivity index (χ1) is 10.7. The van der Waals surface area contributed by atoms with Gasteiger partial charge in [-0.3, -0.25) is 14.5 Å². The molecule has 0 saturated heterocycles. The summed E-state index contributed by atoms with van der Waals surface area (Å²) in [5.41, 5.74) is 0.352. The molecule has 5 nitrogen and oxygen atoms in total. The van der Waals surface area contributed by atoms with Gasteiger partial charge in [-0.05, 0) is 30.7 Å². The van der Waals surface area contributed by atoms with Crippen molar-refractivity contribution in [3.05, 3.63) is 59.7 Å². The molecule has 1 heterocycles. The van der Waals surface area contributed by atoms with Crippen LogP contribution in [0, 0.1) is 0 Å². The number of fused-ring (bicyclic) bond motifs is 1. The minimum atomic E-state index is -0.446. The van der Waals surface area contributed by atoms with Gasteiger partial charge in [-0.2, -0.15) is 0 Å². The molecule has 3 rings (SSSR count). The van der Waals surface area contributed by atoms with Crippen molar-refractivity contribution >= 4 is 11.8 Å². The van der Waals surface area contributed by atoms with E-state index in [9.17, 15) is 14.7 Å². The first kappa shape index (κ1) is 14.1. The summed E-state index contributed by atoms with van der Waals surface area (Å²) in [4.78, 5) is 25.5. The molecular weight excluding hydrogens is 282 g/mol. The molecule has 0 aromatic heterocycles. The number of carbonyl (C=O) groups is 2. The normalized spacial score (nSPS) is 13.4. The number of hydrogen-bond donors (Lipinski definition) is 1. The molecular formula is C17H15NO4. The van der Waals surface area contributed by atoms with Gasteiger partial charge in [-0.15, -0.1) is 0 Å². The maximum atomic E-state index is 12.2. The summed E-state index contributed by atoms with van der Waals surface area (Å²) in [6.45, 7) is 0.669. The van der Waals surface area contributed by atoms with E-state index in [4.69, 9.17) is 4.74 Å². The fraction of sp³-hybridized carbons (Fsp3) is 0.176. The molecule has 0 spiro atoms. The highest BCUT2D eigenvalue weighted by molar-refractivity contribution is 6.22. The molecule has 1 aliphatic heterocycles. The Balaban J connectivity index is 1.59. The minimum absolute atomic E-state index is 0.0940. The molecule has 1 N–H and O–H groups in total. The van der Waals surface area contributed by atoms with Gasteiger partial charge in [0.05, 0.1) is 17.7 Å². The van der Waals surface area contributed by atoms with E-state index in [-0.39, 0.29) is 29.3 Å². The van der Waals surface area contributed by atoms with Crippen molar-refractivity contribution in [2.24, 2.45) is 0 Å². The lowest BCUT2D eigenvalue weighted by Gasteiger charge is -2.14. The van der Waals surface area contributed by atoms with Crippen LogP contribution in [-0.2, 0) is 0 Å². The van der Waals surface area contributed by atoms with Crippen molar-refractivity contribution in [3.63, 3.8) is 0 Å². The Kier molecular flexibility index (Phi) is 3.78. The Hall–Kier alpha value is -2.82. The maximum Gasteiger partial charge on any atom is 0.265 e. The van der Waals surface area contributed by atoms with Gasteiger partial charge in [0.25, 0.3) is 11.8 Å². The maximum absolute atomic E-state index is 12.2. The molecule has 0 saturated carbocycles. The molecule has 1 aliphatic rings. The average Bonchev–Trinajstić information content (AvgIpc) is 2.78. The number of aromatic hydroxyl groups is 1. The molecule has 0 fully saturated rings. The topological polar surface area (TPSA) is 66.8 Å². The molecule has 2 aromatic carbocycles. The summed E-state index contributed by atoms with van der Waals surface area (Å²) >= 11 is 0. The number of carbonyl (C=O) groups excluding carboxylic acids is 2. The number of ether oxygens (including phenoxy) is 1. The highest BCUT2D eigenvalue weighted by atomic mass is 16.5. The number of para-hydroxylation sites is 1. The quantitative estimate of drug-likeness (QED) is 0.680. The lowest BCUT2D eigenvalue weighted by Crippen LogP contribution is -2.31. The fourth-order valence-electron chi connectivity index (χ4n) is 2.45. The molecule has 2 aromatic rings. The van der Waals surface area contributed by atoms with E-state index < -0.39 is 5.91 Å². The van der Waals surface area contributed by atoms with Gasteiger partial charge in [-0.1, -0.05) is 24.3 Å². The van der Waals surface area contributed by atoms with Gasteiger partial charge in [0.15, 0.2) is 0 Å². The van der Waals surface area contributed by atoms with Crippen LogP contribution in [0.5, 0.6) is 11.5 Å². The number of rotatable bonds is 5. The number of amides is 2. The third kappa shape index (κ3) is 2.53. The molecule has 0 atom stereocenters. The van der Waals surface area contributed by atoms with Crippen LogP contribution >= 0.6 is 0 Å². The van der Waals surface area contributed by atoms with Crippen LogP contribution in [0.25, 0.3) is 0 Å². The van der Waals surface area contributed by atoms with Crippen LogP contribution < -0.4 is 4.74 Å². The molecule has 2 amide bonds. The molecule has 112 valence electrons. The van der Waals surface area contributed by atoms with E-state index in [1.54, 1.807) is 12.1 Å². The van der Waals surface area contributed by atoms with Gasteiger partial charge in [0.1, 0.15) is 11.5 Å². The number of imide groups is 1. The SMILES string of the molecule is O=C1c2cccc(O)c2C(=O)N1CCCOc1ccccc1. The monoisotopic (exact) mass is 297 g/mol. The van der Waals surface area contributed by atoms with Crippen LogP contribution in [0.4, 0.5) is 0 Å². The van der Waals surface area contributed by atoms with E-state index in [0.717, 1.165) is 10.6 Å². The standard InChI is InChI=1S/C17H15NO4/c19-14-9-4-8-13-15(14)17(21)18(16(13)20)10-5-11-22-12-6-2-1-3-7-12/h1-4,6-9,19H,5,10-11H2. The average molecular weight is 297 g/mol. The Morgan fingerprint density at radius 1 is 0.955 bits per heavy atom. The highest BCUT2D eigenvalue weighted by Gasteiger charge is 2.37. The van der Waals surface area contributed by atoms with Crippen LogP contribution in [-0.4, -0.2) is 35.0 Å². The van der Waals surface area contributed by atoms with Crippen molar-refractivity contribution in [2.75, 3.05) is 13.2 Å². The smallest absolute Gasteiger partial charge is 0.265 e. The lowest BCUT2D eigenvalue weighted by molar-refractivity contribution is 0.0646. The second-order valence-corrected chi connectivity index (χ2v) is 4.98. The summed E-state index contributed by atoms with van der Waals surface area (Å²) in [5, 5.41) is 9.73. The summed E-state index contributed by atoms with van der Waals surface area (Å²) in [7, 11) is 0. The number of phenols is 1. The Morgan fingerprint density at radius 3 is 2.45 bits per heavy atom. The second kappa shape index (κ2) is 5.89. The molecule has 0 unspecified atom stereocenters. The zero-order chi connectivity index (χ0) is 15.5. The molecule has 0 radical (unpaired) electrons. The molecule has 5 heteroatoms. The number of nitrogens with zero attached hydrogens (tertiary/aromatic N) is 1. The molecule has 22 heavy (non-hydrogen) atoms. The molecule has 0 aliphatic carbocycles. The van der Waals surface area contributed by atoms with Crippen molar-refractivity contribution in [1.82, 2.24) is 4.90 Å². The minimum Gasteiger partial charge on any atom is -0.507 e. The third-order valence-electron chi connectivity index (χ3n) is 3.52. The summed E-state index contributed by atoms with van der Waals surface area (Å²) in [6, 6.07) is 13.9. The van der Waals surface area contributed by atoms with Crippen molar-refractivity contribution in [1.29, 1.82) is 0 Å². The zero-order valence-corrected chi connectivity index (χ0v) is 11.9. The highest BCUT2D eigenvalue weighted by Crippen LogP contribution is 2.29. The van der Waals surface area contributed by atoms with E-state index in [0.29, 0.717) is 13.0 Å². The van der Waals surface area contributed by atoms with Crippen LogP contribution in [0.3, 0.4) is 0 Å². The number of phenolic OH excluding ortho intramolecular Hbond substituents is 1. The van der Waals surface area contributed by atoms with Gasteiger partial charge in [0.2, 0.25) is 0 Å². The summed E-state index contributed by atoms with van der Waals surface area (Å²) in [6.07, 6.45) is 0.529. The predicted octanol–water partition coefficient (Wildman–Crippen LogP) is 2.46.